The van der Waals surface area contributed by atoms with Crippen LogP contribution in [0.1, 0.15) is 49.4 Å². The first-order valence-electron chi connectivity index (χ1n) is 11.5. The summed E-state index contributed by atoms with van der Waals surface area (Å²) < 4.78 is 26.6. The fraction of sp³-hybridized carbons (Fsp3) is 0.462. The number of hydrogen-bond acceptors (Lipinski definition) is 4. The third-order valence-electron chi connectivity index (χ3n) is 6.29. The van der Waals surface area contributed by atoms with Gasteiger partial charge in [-0.1, -0.05) is 43.3 Å². The third-order valence-corrected chi connectivity index (χ3v) is 7.42. The normalized spacial score (nSPS) is 13.1. The largest absolute Gasteiger partial charge is 0.352 e. The highest BCUT2D eigenvalue weighted by Gasteiger charge is 2.31. The number of hydrogen-bond donors (Lipinski definition) is 1. The second kappa shape index (κ2) is 11.5. The Morgan fingerprint density at radius 1 is 0.971 bits per heavy atom. The first kappa shape index (κ1) is 27.4. The molecular weight excluding hydrogens is 450 g/mol. The molecule has 0 bridgehead atoms. The molecule has 0 aliphatic carbocycles. The lowest BCUT2D eigenvalue weighted by Crippen LogP contribution is -2.52. The molecule has 0 heterocycles. The molecule has 0 aliphatic heterocycles. The highest BCUT2D eigenvalue weighted by molar-refractivity contribution is 7.92. The van der Waals surface area contributed by atoms with E-state index in [9.17, 15) is 18.0 Å². The smallest absolute Gasteiger partial charge is 0.244 e. The molecule has 34 heavy (non-hydrogen) atoms. The van der Waals surface area contributed by atoms with E-state index in [4.69, 9.17) is 0 Å². The Hall–Kier alpha value is -2.87. The fourth-order valence-corrected chi connectivity index (χ4v) is 4.52. The van der Waals surface area contributed by atoms with Crippen LogP contribution in [-0.2, 0) is 26.2 Å². The van der Waals surface area contributed by atoms with E-state index in [-0.39, 0.29) is 18.5 Å². The zero-order chi connectivity index (χ0) is 25.6. The van der Waals surface area contributed by atoms with Crippen LogP contribution in [0.15, 0.2) is 42.5 Å². The van der Waals surface area contributed by atoms with Crippen molar-refractivity contribution < 1.29 is 18.0 Å². The average Bonchev–Trinajstić information content (AvgIpc) is 2.77. The van der Waals surface area contributed by atoms with E-state index in [0.29, 0.717) is 5.69 Å². The van der Waals surface area contributed by atoms with E-state index in [0.717, 1.165) is 39.2 Å². The van der Waals surface area contributed by atoms with Crippen LogP contribution in [-0.4, -0.2) is 50.0 Å². The van der Waals surface area contributed by atoms with Crippen molar-refractivity contribution in [3.63, 3.8) is 0 Å². The minimum absolute atomic E-state index is 0.0344. The van der Waals surface area contributed by atoms with Gasteiger partial charge < -0.3 is 10.2 Å². The minimum atomic E-state index is -3.75. The van der Waals surface area contributed by atoms with E-state index >= 15 is 0 Å². The van der Waals surface area contributed by atoms with E-state index in [1.54, 1.807) is 19.1 Å². The molecule has 186 valence electrons. The Morgan fingerprint density at radius 3 is 2.18 bits per heavy atom. The van der Waals surface area contributed by atoms with Gasteiger partial charge in [0.25, 0.3) is 0 Å². The summed E-state index contributed by atoms with van der Waals surface area (Å²) in [4.78, 5) is 28.0. The van der Waals surface area contributed by atoms with Crippen LogP contribution in [0.25, 0.3) is 0 Å². The number of nitrogens with one attached hydrogen (secondary N) is 1. The van der Waals surface area contributed by atoms with Gasteiger partial charge in [-0.25, -0.2) is 8.42 Å². The molecule has 7 nitrogen and oxygen atoms in total. The molecule has 8 heteroatoms. The molecule has 2 atom stereocenters. The second-order valence-electron chi connectivity index (χ2n) is 8.93. The lowest BCUT2D eigenvalue weighted by molar-refractivity contribution is -0.139. The Labute approximate surface area is 204 Å². The quantitative estimate of drug-likeness (QED) is 0.554. The van der Waals surface area contributed by atoms with Gasteiger partial charge in [0.05, 0.1) is 11.9 Å². The Kier molecular flexibility index (Phi) is 9.27. The fourth-order valence-electron chi connectivity index (χ4n) is 3.62. The van der Waals surface area contributed by atoms with E-state index in [2.05, 4.69) is 5.32 Å². The maximum Gasteiger partial charge on any atom is 0.244 e. The first-order valence-corrected chi connectivity index (χ1v) is 13.4. The predicted octanol–water partition coefficient (Wildman–Crippen LogP) is 3.71. The molecule has 0 spiro atoms. The molecule has 0 saturated carbocycles. The van der Waals surface area contributed by atoms with Crippen LogP contribution in [0.3, 0.4) is 0 Å². The molecule has 2 aromatic carbocycles. The SMILES string of the molecule is CCC(C)NC(=O)C(C)N(Cc1ccccc1C)C(=O)CN(c1cccc(C)c1C)S(C)(=O)=O. The summed E-state index contributed by atoms with van der Waals surface area (Å²) in [5.74, 6) is -0.713. The number of aryl methyl sites for hydroxylation is 2. The van der Waals surface area contributed by atoms with E-state index in [1.807, 2.05) is 65.0 Å². The Morgan fingerprint density at radius 2 is 1.59 bits per heavy atom. The highest BCUT2D eigenvalue weighted by Crippen LogP contribution is 2.25. The second-order valence-corrected chi connectivity index (χ2v) is 10.8. The lowest BCUT2D eigenvalue weighted by atomic mass is 10.1. The van der Waals surface area contributed by atoms with Crippen molar-refractivity contribution >= 4 is 27.5 Å². The van der Waals surface area contributed by atoms with Crippen molar-refractivity contribution in [2.75, 3.05) is 17.1 Å². The molecule has 0 saturated heterocycles. The molecule has 2 rings (SSSR count). The van der Waals surface area contributed by atoms with Crippen molar-refractivity contribution in [2.24, 2.45) is 0 Å². The Bertz CT molecular complexity index is 1130. The van der Waals surface area contributed by atoms with Gasteiger partial charge in [0.15, 0.2) is 0 Å². The zero-order valence-corrected chi connectivity index (χ0v) is 22.1. The van der Waals surface area contributed by atoms with E-state index in [1.165, 1.54) is 4.90 Å². The maximum absolute atomic E-state index is 13.6. The number of sulfonamides is 1. The maximum atomic E-state index is 13.6. The van der Waals surface area contributed by atoms with Gasteiger partial charge in [0, 0.05) is 12.6 Å². The van der Waals surface area contributed by atoms with Gasteiger partial charge in [-0.3, -0.25) is 13.9 Å². The number of benzene rings is 2. The monoisotopic (exact) mass is 487 g/mol. The van der Waals surface area contributed by atoms with Crippen molar-refractivity contribution in [3.05, 3.63) is 64.7 Å². The minimum Gasteiger partial charge on any atom is -0.352 e. The summed E-state index contributed by atoms with van der Waals surface area (Å²) in [6.45, 7) is 11.0. The number of anilines is 1. The van der Waals surface area contributed by atoms with Crippen LogP contribution < -0.4 is 9.62 Å². The summed E-state index contributed by atoms with van der Waals surface area (Å²) in [6.07, 6.45) is 1.85. The number of rotatable bonds is 10. The van der Waals surface area contributed by atoms with Gasteiger partial charge in [-0.15, -0.1) is 0 Å². The molecule has 0 aliphatic rings. The number of carbonyl (C=O) groups excluding carboxylic acids is 2. The van der Waals surface area contributed by atoms with Crippen LogP contribution in [0.4, 0.5) is 5.69 Å². The number of amides is 2. The zero-order valence-electron chi connectivity index (χ0n) is 21.3. The van der Waals surface area contributed by atoms with Gasteiger partial charge in [0.2, 0.25) is 21.8 Å². The molecule has 2 unspecified atom stereocenters. The highest BCUT2D eigenvalue weighted by atomic mass is 32.2. The number of carbonyl (C=O) groups is 2. The predicted molar refractivity (Wildman–Crippen MR) is 137 cm³/mol. The molecule has 0 fully saturated rings. The van der Waals surface area contributed by atoms with Crippen LogP contribution in [0, 0.1) is 20.8 Å². The van der Waals surface area contributed by atoms with Gasteiger partial charge in [0.1, 0.15) is 12.6 Å². The standard InChI is InChI=1S/C26H37N3O4S/c1-8-20(4)27-26(31)22(6)28(16-23-14-10-9-12-19(23)3)25(30)17-29(34(7,32)33)24-15-11-13-18(2)21(24)5/h9-15,20,22H,8,16-17H2,1-7H3,(H,27,31). The van der Waals surface area contributed by atoms with Crippen LogP contribution >= 0.6 is 0 Å². The molecule has 1 N–H and O–H groups in total. The average molecular weight is 488 g/mol. The van der Waals surface area contributed by atoms with Crippen molar-refractivity contribution in [1.29, 1.82) is 0 Å². The summed E-state index contributed by atoms with van der Waals surface area (Å²) >= 11 is 0. The van der Waals surface area contributed by atoms with Crippen LogP contribution in [0.5, 0.6) is 0 Å². The van der Waals surface area contributed by atoms with E-state index < -0.39 is 28.5 Å². The van der Waals surface area contributed by atoms with Gasteiger partial charge in [-0.2, -0.15) is 0 Å². The molecule has 2 amide bonds. The topological polar surface area (TPSA) is 86.8 Å². The molecule has 0 aromatic heterocycles. The van der Waals surface area contributed by atoms with Gasteiger partial charge in [-0.05, 0) is 69.4 Å². The summed E-state index contributed by atoms with van der Waals surface area (Å²) in [6, 6.07) is 12.2. The third kappa shape index (κ3) is 6.82. The summed E-state index contributed by atoms with van der Waals surface area (Å²) in [5.41, 5.74) is 4.06. The molecular formula is C26H37N3O4S. The number of nitrogens with zero attached hydrogens (tertiary/aromatic N) is 2. The molecule has 2 aromatic rings. The molecule has 0 radical (unpaired) electrons. The lowest BCUT2D eigenvalue weighted by Gasteiger charge is -2.32. The van der Waals surface area contributed by atoms with Crippen molar-refractivity contribution in [3.8, 4) is 0 Å². The summed E-state index contributed by atoms with van der Waals surface area (Å²) in [7, 11) is -3.75. The Balaban J connectivity index is 2.45. The summed E-state index contributed by atoms with van der Waals surface area (Å²) in [5, 5.41) is 2.93. The van der Waals surface area contributed by atoms with Crippen molar-refractivity contribution in [1.82, 2.24) is 10.2 Å². The first-order chi connectivity index (χ1) is 15.9. The van der Waals surface area contributed by atoms with Crippen LogP contribution in [0.2, 0.25) is 0 Å². The van der Waals surface area contributed by atoms with Gasteiger partial charge >= 0.3 is 0 Å². The van der Waals surface area contributed by atoms with Crippen molar-refractivity contribution in [2.45, 2.75) is 66.6 Å².